The van der Waals surface area contributed by atoms with Gasteiger partial charge < -0.3 is 10.6 Å². The van der Waals surface area contributed by atoms with E-state index in [2.05, 4.69) is 10.6 Å². The van der Waals surface area contributed by atoms with Gasteiger partial charge in [-0.15, -0.1) is 0 Å². The van der Waals surface area contributed by atoms with Gasteiger partial charge >= 0.3 is 0 Å². The van der Waals surface area contributed by atoms with Crippen LogP contribution >= 0.6 is 0 Å². The number of carbonyl (C=O) groups excluding carboxylic acids is 2. The van der Waals surface area contributed by atoms with Crippen LogP contribution in [0.25, 0.3) is 0 Å². The molecule has 0 atom stereocenters. The van der Waals surface area contributed by atoms with Crippen LogP contribution in [0.1, 0.15) is 16.7 Å². The Bertz CT molecular complexity index is 922. The molecule has 0 aliphatic rings. The molecular formula is C23H22N2O2. The van der Waals surface area contributed by atoms with Crippen LogP contribution in [0.2, 0.25) is 0 Å². The van der Waals surface area contributed by atoms with Gasteiger partial charge in [0.2, 0.25) is 11.8 Å². The summed E-state index contributed by atoms with van der Waals surface area (Å²) >= 11 is 0. The SMILES string of the molecule is Cc1ccc(NC(=O)Cc2ccccc2)c(NC(=O)Cc2ccccc2)c1. The summed E-state index contributed by atoms with van der Waals surface area (Å²) in [7, 11) is 0. The molecule has 27 heavy (non-hydrogen) atoms. The molecule has 136 valence electrons. The van der Waals surface area contributed by atoms with E-state index >= 15 is 0 Å². The summed E-state index contributed by atoms with van der Waals surface area (Å²) in [4.78, 5) is 24.8. The lowest BCUT2D eigenvalue weighted by molar-refractivity contribution is -0.116. The highest BCUT2D eigenvalue weighted by atomic mass is 16.2. The summed E-state index contributed by atoms with van der Waals surface area (Å²) in [6.45, 7) is 1.95. The van der Waals surface area contributed by atoms with Gasteiger partial charge in [-0.05, 0) is 35.7 Å². The first kappa shape index (κ1) is 18.4. The molecule has 0 aromatic heterocycles. The Morgan fingerprint density at radius 2 is 1.15 bits per heavy atom. The second kappa shape index (κ2) is 8.81. The van der Waals surface area contributed by atoms with Crippen molar-refractivity contribution in [3.63, 3.8) is 0 Å². The topological polar surface area (TPSA) is 58.2 Å². The molecule has 0 spiro atoms. The van der Waals surface area contributed by atoms with Crippen molar-refractivity contribution >= 4 is 23.2 Å². The Balaban J connectivity index is 1.69. The maximum atomic E-state index is 12.4. The zero-order valence-corrected chi connectivity index (χ0v) is 15.2. The van der Waals surface area contributed by atoms with E-state index < -0.39 is 0 Å². The highest BCUT2D eigenvalue weighted by Gasteiger charge is 2.11. The number of hydrogen-bond donors (Lipinski definition) is 2. The molecule has 2 amide bonds. The van der Waals surface area contributed by atoms with Crippen molar-refractivity contribution in [2.24, 2.45) is 0 Å². The van der Waals surface area contributed by atoms with Crippen LogP contribution in [0.4, 0.5) is 11.4 Å². The molecule has 0 saturated carbocycles. The fourth-order valence-corrected chi connectivity index (χ4v) is 2.82. The molecule has 3 aromatic carbocycles. The smallest absolute Gasteiger partial charge is 0.228 e. The van der Waals surface area contributed by atoms with Crippen molar-refractivity contribution in [3.05, 3.63) is 95.6 Å². The van der Waals surface area contributed by atoms with Crippen LogP contribution in [-0.4, -0.2) is 11.8 Å². The minimum atomic E-state index is -0.122. The summed E-state index contributed by atoms with van der Waals surface area (Å²) in [5, 5.41) is 5.82. The Kier molecular flexibility index (Phi) is 6.00. The molecule has 3 aromatic rings. The van der Waals surface area contributed by atoms with Gasteiger partial charge in [-0.2, -0.15) is 0 Å². The van der Waals surface area contributed by atoms with Crippen LogP contribution in [0.5, 0.6) is 0 Å². The third kappa shape index (κ3) is 5.54. The standard InChI is InChI=1S/C23H22N2O2/c1-17-12-13-20(24-22(26)15-18-8-4-2-5-9-18)21(14-17)25-23(27)16-19-10-6-3-7-11-19/h2-14H,15-16H2,1H3,(H,24,26)(H,25,27). The maximum absolute atomic E-state index is 12.4. The number of benzene rings is 3. The Morgan fingerprint density at radius 1 is 0.667 bits per heavy atom. The van der Waals surface area contributed by atoms with Gasteiger partial charge in [0.15, 0.2) is 0 Å². The summed E-state index contributed by atoms with van der Waals surface area (Å²) in [5.41, 5.74) is 4.10. The number of amides is 2. The first-order valence-electron chi connectivity index (χ1n) is 8.88. The van der Waals surface area contributed by atoms with Crippen LogP contribution < -0.4 is 10.6 Å². The molecular weight excluding hydrogens is 336 g/mol. The largest absolute Gasteiger partial charge is 0.324 e. The molecule has 0 aliphatic heterocycles. The van der Waals surface area contributed by atoms with Crippen molar-refractivity contribution in [2.45, 2.75) is 19.8 Å². The third-order valence-corrected chi connectivity index (χ3v) is 4.14. The summed E-state index contributed by atoms with van der Waals surface area (Å²) in [6.07, 6.45) is 0.568. The predicted octanol–water partition coefficient (Wildman–Crippen LogP) is 4.36. The minimum Gasteiger partial charge on any atom is -0.324 e. The summed E-state index contributed by atoms with van der Waals surface area (Å²) in [6, 6.07) is 24.7. The molecule has 4 nitrogen and oxygen atoms in total. The average molecular weight is 358 g/mol. The molecule has 2 N–H and O–H groups in total. The van der Waals surface area contributed by atoms with E-state index in [1.807, 2.05) is 85.8 Å². The number of carbonyl (C=O) groups is 2. The molecule has 0 saturated heterocycles. The quantitative estimate of drug-likeness (QED) is 0.688. The third-order valence-electron chi connectivity index (χ3n) is 4.14. The van der Waals surface area contributed by atoms with Gasteiger partial charge in [0, 0.05) is 0 Å². The lowest BCUT2D eigenvalue weighted by Gasteiger charge is -2.13. The van der Waals surface area contributed by atoms with E-state index in [1.54, 1.807) is 0 Å². The van der Waals surface area contributed by atoms with Crippen molar-refractivity contribution in [1.29, 1.82) is 0 Å². The monoisotopic (exact) mass is 358 g/mol. The van der Waals surface area contributed by atoms with Crippen molar-refractivity contribution in [1.82, 2.24) is 0 Å². The molecule has 3 rings (SSSR count). The van der Waals surface area contributed by atoms with Gasteiger partial charge in [0.25, 0.3) is 0 Å². The van der Waals surface area contributed by atoms with Gasteiger partial charge in [0.05, 0.1) is 24.2 Å². The van der Waals surface area contributed by atoms with E-state index in [0.29, 0.717) is 11.4 Å². The normalized spacial score (nSPS) is 10.3. The fourth-order valence-electron chi connectivity index (χ4n) is 2.82. The number of aryl methyl sites for hydroxylation is 1. The van der Waals surface area contributed by atoms with E-state index in [0.717, 1.165) is 16.7 Å². The van der Waals surface area contributed by atoms with Gasteiger partial charge in [-0.1, -0.05) is 66.7 Å². The number of anilines is 2. The van der Waals surface area contributed by atoms with Crippen LogP contribution in [-0.2, 0) is 22.4 Å². The van der Waals surface area contributed by atoms with E-state index in [1.165, 1.54) is 0 Å². The number of nitrogens with one attached hydrogen (secondary N) is 2. The Morgan fingerprint density at radius 3 is 1.67 bits per heavy atom. The van der Waals surface area contributed by atoms with E-state index in [4.69, 9.17) is 0 Å². The second-order valence-corrected chi connectivity index (χ2v) is 6.47. The van der Waals surface area contributed by atoms with Crippen molar-refractivity contribution in [2.75, 3.05) is 10.6 Å². The molecule has 4 heteroatoms. The van der Waals surface area contributed by atoms with Crippen LogP contribution in [0, 0.1) is 6.92 Å². The fraction of sp³-hybridized carbons (Fsp3) is 0.130. The number of hydrogen-bond acceptors (Lipinski definition) is 2. The zero-order chi connectivity index (χ0) is 19.1. The Hall–Kier alpha value is -3.40. The molecule has 0 bridgehead atoms. The predicted molar refractivity (Wildman–Crippen MR) is 109 cm³/mol. The average Bonchev–Trinajstić information content (AvgIpc) is 2.65. The highest BCUT2D eigenvalue weighted by molar-refractivity contribution is 6.00. The first-order chi connectivity index (χ1) is 13.1. The maximum Gasteiger partial charge on any atom is 0.228 e. The van der Waals surface area contributed by atoms with Gasteiger partial charge in [0.1, 0.15) is 0 Å². The van der Waals surface area contributed by atoms with Crippen LogP contribution in [0.15, 0.2) is 78.9 Å². The van der Waals surface area contributed by atoms with Gasteiger partial charge in [-0.25, -0.2) is 0 Å². The molecule has 0 fully saturated rings. The molecule has 0 heterocycles. The second-order valence-electron chi connectivity index (χ2n) is 6.47. The zero-order valence-electron chi connectivity index (χ0n) is 15.2. The van der Waals surface area contributed by atoms with E-state index in [9.17, 15) is 9.59 Å². The minimum absolute atomic E-state index is 0.120. The molecule has 0 radical (unpaired) electrons. The molecule has 0 unspecified atom stereocenters. The van der Waals surface area contributed by atoms with Crippen molar-refractivity contribution in [3.8, 4) is 0 Å². The Labute approximate surface area is 159 Å². The summed E-state index contributed by atoms with van der Waals surface area (Å²) < 4.78 is 0. The van der Waals surface area contributed by atoms with Crippen molar-refractivity contribution < 1.29 is 9.59 Å². The lowest BCUT2D eigenvalue weighted by Crippen LogP contribution is -2.19. The van der Waals surface area contributed by atoms with Gasteiger partial charge in [-0.3, -0.25) is 9.59 Å². The van der Waals surface area contributed by atoms with E-state index in [-0.39, 0.29) is 24.7 Å². The van der Waals surface area contributed by atoms with Crippen LogP contribution in [0.3, 0.4) is 0 Å². The highest BCUT2D eigenvalue weighted by Crippen LogP contribution is 2.24. The first-order valence-corrected chi connectivity index (χ1v) is 8.88. The number of rotatable bonds is 6. The lowest BCUT2D eigenvalue weighted by atomic mass is 10.1. The molecule has 0 aliphatic carbocycles. The summed E-state index contributed by atoms with van der Waals surface area (Å²) in [5.74, 6) is -0.242.